The van der Waals surface area contributed by atoms with Crippen molar-refractivity contribution in [2.24, 2.45) is 11.7 Å². The number of allylic oxidation sites excluding steroid dienone is 1. The van der Waals surface area contributed by atoms with Gasteiger partial charge in [-0.25, -0.2) is 0 Å². The molecule has 1 aliphatic carbocycles. The molecule has 0 spiro atoms. The summed E-state index contributed by atoms with van der Waals surface area (Å²) in [5.74, 6) is 0.708. The molecule has 0 heterocycles. The van der Waals surface area contributed by atoms with Gasteiger partial charge in [0.25, 0.3) is 0 Å². The molecule has 0 bridgehead atoms. The Morgan fingerprint density at radius 2 is 2.12 bits per heavy atom. The molecule has 1 rings (SSSR count). The summed E-state index contributed by atoms with van der Waals surface area (Å²) in [6, 6.07) is 0.477. The first-order valence-electron chi connectivity index (χ1n) is 3.11. The molecule has 1 aliphatic rings. The number of hydrogen-bond acceptors (Lipinski definition) is 1. The van der Waals surface area contributed by atoms with Crippen molar-refractivity contribution in [2.75, 3.05) is 0 Å². The van der Waals surface area contributed by atoms with Crippen LogP contribution in [0.25, 0.3) is 0 Å². The molecule has 0 aromatic carbocycles. The molecule has 8 heavy (non-hydrogen) atoms. The number of nitrogens with two attached hydrogens (primary N) is 1. The molecule has 1 saturated carbocycles. The van der Waals surface area contributed by atoms with Gasteiger partial charge in [-0.05, 0) is 26.2 Å². The number of rotatable bonds is 1. The summed E-state index contributed by atoms with van der Waals surface area (Å²) < 4.78 is 0. The van der Waals surface area contributed by atoms with Gasteiger partial charge in [-0.2, -0.15) is 0 Å². The molecule has 1 nitrogen and oxygen atoms in total. The normalized spacial score (nSPS) is 34.4. The highest BCUT2D eigenvalue weighted by atomic mass is 14.7. The Hall–Kier alpha value is -0.300. The molecule has 1 fully saturated rings. The second-order valence-electron chi connectivity index (χ2n) is 2.81. The lowest BCUT2D eigenvalue weighted by molar-refractivity contribution is 0.965. The Morgan fingerprint density at radius 3 is 2.25 bits per heavy atom. The van der Waals surface area contributed by atoms with Crippen LogP contribution in [0.2, 0.25) is 0 Å². The summed E-state index contributed by atoms with van der Waals surface area (Å²) >= 11 is 0. The summed E-state index contributed by atoms with van der Waals surface area (Å²) in [7, 11) is 0. The summed E-state index contributed by atoms with van der Waals surface area (Å²) in [5.41, 5.74) is 6.96. The van der Waals surface area contributed by atoms with E-state index >= 15 is 0 Å². The Balaban J connectivity index is 2.32. The summed E-state index contributed by atoms with van der Waals surface area (Å²) in [6.45, 7) is 4.23. The van der Waals surface area contributed by atoms with E-state index in [9.17, 15) is 0 Å². The molecule has 0 aromatic heterocycles. The largest absolute Gasteiger partial charge is 0.327 e. The Kier molecular flexibility index (Phi) is 1.39. The Labute approximate surface area is 50.6 Å². The zero-order valence-electron chi connectivity index (χ0n) is 5.52. The van der Waals surface area contributed by atoms with E-state index in [2.05, 4.69) is 19.9 Å². The summed E-state index contributed by atoms with van der Waals surface area (Å²) in [4.78, 5) is 0. The smallest absolute Gasteiger partial charge is 0.0109 e. The maximum Gasteiger partial charge on any atom is 0.0109 e. The van der Waals surface area contributed by atoms with Crippen molar-refractivity contribution >= 4 is 0 Å². The number of hydrogen-bond donors (Lipinski definition) is 1. The van der Waals surface area contributed by atoms with Crippen molar-refractivity contribution < 1.29 is 0 Å². The van der Waals surface area contributed by atoms with Gasteiger partial charge in [0, 0.05) is 6.04 Å². The third-order valence-corrected chi connectivity index (χ3v) is 1.44. The third kappa shape index (κ3) is 1.34. The minimum Gasteiger partial charge on any atom is -0.327 e. The molecular weight excluding hydrogens is 98.1 g/mol. The third-order valence-electron chi connectivity index (χ3n) is 1.44. The van der Waals surface area contributed by atoms with Gasteiger partial charge >= 0.3 is 0 Å². The summed E-state index contributed by atoms with van der Waals surface area (Å²) in [6.07, 6.45) is 3.45. The van der Waals surface area contributed by atoms with Gasteiger partial charge in [0.05, 0.1) is 0 Å². The van der Waals surface area contributed by atoms with Crippen LogP contribution < -0.4 is 5.73 Å². The predicted octanol–water partition coefficient (Wildman–Crippen LogP) is 1.30. The van der Waals surface area contributed by atoms with Gasteiger partial charge in [-0.3, -0.25) is 0 Å². The van der Waals surface area contributed by atoms with Gasteiger partial charge in [-0.1, -0.05) is 11.6 Å². The molecule has 0 aliphatic heterocycles. The van der Waals surface area contributed by atoms with E-state index in [1.54, 1.807) is 0 Å². The zero-order valence-corrected chi connectivity index (χ0v) is 5.52. The van der Waals surface area contributed by atoms with E-state index in [1.807, 2.05) is 0 Å². The van der Waals surface area contributed by atoms with Crippen LogP contribution in [0.3, 0.4) is 0 Å². The first-order valence-corrected chi connectivity index (χ1v) is 3.11. The van der Waals surface area contributed by atoms with Crippen LogP contribution in [0.1, 0.15) is 20.3 Å². The SMILES string of the molecule is CC(C)=C[C@@H]1CC1N. The van der Waals surface area contributed by atoms with Crippen LogP contribution in [0.4, 0.5) is 0 Å². The highest BCUT2D eigenvalue weighted by Gasteiger charge is 2.30. The van der Waals surface area contributed by atoms with Crippen molar-refractivity contribution in [3.05, 3.63) is 11.6 Å². The van der Waals surface area contributed by atoms with E-state index in [4.69, 9.17) is 5.73 Å². The Morgan fingerprint density at radius 1 is 1.62 bits per heavy atom. The standard InChI is InChI=1S/C7H13N/c1-5(2)3-6-4-7(6)8/h3,6-7H,4,8H2,1-2H3/t6-,7?/m1/s1. The molecule has 0 amide bonds. The van der Waals surface area contributed by atoms with Gasteiger partial charge in [0.15, 0.2) is 0 Å². The van der Waals surface area contributed by atoms with Gasteiger partial charge in [-0.15, -0.1) is 0 Å². The fourth-order valence-electron chi connectivity index (χ4n) is 0.855. The monoisotopic (exact) mass is 111 g/mol. The molecule has 0 radical (unpaired) electrons. The van der Waals surface area contributed by atoms with Crippen molar-refractivity contribution in [1.82, 2.24) is 0 Å². The predicted molar refractivity (Wildman–Crippen MR) is 35.5 cm³/mol. The van der Waals surface area contributed by atoms with E-state index in [0.29, 0.717) is 12.0 Å². The first-order chi connectivity index (χ1) is 3.70. The van der Waals surface area contributed by atoms with E-state index in [1.165, 1.54) is 12.0 Å². The van der Waals surface area contributed by atoms with E-state index in [0.717, 1.165) is 0 Å². The van der Waals surface area contributed by atoms with Crippen LogP contribution in [-0.2, 0) is 0 Å². The zero-order chi connectivity index (χ0) is 6.15. The van der Waals surface area contributed by atoms with Crippen molar-refractivity contribution in [1.29, 1.82) is 0 Å². The lowest BCUT2D eigenvalue weighted by atomic mass is 10.2. The van der Waals surface area contributed by atoms with Crippen molar-refractivity contribution in [3.63, 3.8) is 0 Å². The second kappa shape index (κ2) is 1.90. The minimum atomic E-state index is 0.477. The van der Waals surface area contributed by atoms with Crippen LogP contribution >= 0.6 is 0 Å². The van der Waals surface area contributed by atoms with Gasteiger partial charge < -0.3 is 5.73 Å². The molecule has 2 atom stereocenters. The van der Waals surface area contributed by atoms with E-state index < -0.39 is 0 Å². The highest BCUT2D eigenvalue weighted by Crippen LogP contribution is 2.29. The maximum atomic E-state index is 5.57. The maximum absolute atomic E-state index is 5.57. The summed E-state index contributed by atoms with van der Waals surface area (Å²) in [5, 5.41) is 0. The average Bonchev–Trinajstić information content (AvgIpc) is 2.17. The lowest BCUT2D eigenvalue weighted by Crippen LogP contribution is -1.99. The first kappa shape index (κ1) is 5.83. The van der Waals surface area contributed by atoms with E-state index in [-0.39, 0.29) is 0 Å². The van der Waals surface area contributed by atoms with Crippen molar-refractivity contribution in [3.8, 4) is 0 Å². The molecule has 2 N–H and O–H groups in total. The van der Waals surface area contributed by atoms with Crippen LogP contribution in [0.15, 0.2) is 11.6 Å². The lowest BCUT2D eigenvalue weighted by Gasteiger charge is -1.85. The molecule has 1 heteroatoms. The van der Waals surface area contributed by atoms with Gasteiger partial charge in [0.2, 0.25) is 0 Å². The average molecular weight is 111 g/mol. The highest BCUT2D eigenvalue weighted by molar-refractivity contribution is 5.09. The fraction of sp³-hybridized carbons (Fsp3) is 0.714. The molecule has 1 unspecified atom stereocenters. The van der Waals surface area contributed by atoms with Crippen LogP contribution in [-0.4, -0.2) is 6.04 Å². The molecular formula is C7H13N. The van der Waals surface area contributed by atoms with Crippen LogP contribution in [0.5, 0.6) is 0 Å². The van der Waals surface area contributed by atoms with Gasteiger partial charge in [0.1, 0.15) is 0 Å². The van der Waals surface area contributed by atoms with Crippen LogP contribution in [0, 0.1) is 5.92 Å². The second-order valence-corrected chi connectivity index (χ2v) is 2.81. The Bertz CT molecular complexity index is 112. The molecule has 0 aromatic rings. The molecule has 0 saturated heterocycles. The quantitative estimate of drug-likeness (QED) is 0.507. The molecule has 46 valence electrons. The fourth-order valence-corrected chi connectivity index (χ4v) is 0.855. The topological polar surface area (TPSA) is 26.0 Å². The minimum absolute atomic E-state index is 0.477. The van der Waals surface area contributed by atoms with Crippen molar-refractivity contribution in [2.45, 2.75) is 26.3 Å².